The van der Waals surface area contributed by atoms with E-state index < -0.39 is 0 Å². The fraction of sp³-hybridized carbons (Fsp3) is 0.794. The summed E-state index contributed by atoms with van der Waals surface area (Å²) in [6.45, 7) is 14.5. The van der Waals surface area contributed by atoms with Crippen LogP contribution in [0.15, 0.2) is 24.3 Å². The van der Waals surface area contributed by atoms with E-state index in [1.807, 2.05) is 0 Å². The highest BCUT2D eigenvalue weighted by molar-refractivity contribution is 5.88. The van der Waals surface area contributed by atoms with E-state index in [1.165, 1.54) is 6.92 Å². The van der Waals surface area contributed by atoms with E-state index in [0.717, 1.165) is 5.69 Å². The van der Waals surface area contributed by atoms with E-state index >= 15 is 0 Å². The molecule has 1 rings (SSSR count). The maximum Gasteiger partial charge on any atom is 0.221 e. The lowest BCUT2D eigenvalue weighted by Gasteiger charge is -2.09. The third-order valence-corrected chi connectivity index (χ3v) is 6.03. The first kappa shape index (κ1) is 46.0. The summed E-state index contributed by atoms with van der Waals surface area (Å²) in [6.07, 6.45) is 0. The molecule has 0 unspecified atom stereocenters. The molecule has 0 heterocycles. The fourth-order valence-corrected chi connectivity index (χ4v) is 3.66. The topological polar surface area (TPSA) is 175 Å². The van der Waals surface area contributed by atoms with Gasteiger partial charge < -0.3 is 72.6 Å². The lowest BCUT2D eigenvalue weighted by molar-refractivity contribution is -0.114. The van der Waals surface area contributed by atoms with Crippen LogP contribution in [0.5, 0.6) is 5.75 Å². The minimum absolute atomic E-state index is 0.109. The second-order valence-electron chi connectivity index (χ2n) is 10.2. The van der Waals surface area contributed by atoms with E-state index in [0.29, 0.717) is 177 Å². The quantitative estimate of drug-likeness (QED) is 0.0924. The molecule has 0 saturated heterocycles. The van der Waals surface area contributed by atoms with E-state index in [2.05, 4.69) is 5.32 Å². The summed E-state index contributed by atoms with van der Waals surface area (Å²) in [7, 11) is 0. The number of benzene rings is 1. The summed E-state index contributed by atoms with van der Waals surface area (Å²) in [6, 6.07) is 7.17. The molecule has 0 saturated carbocycles. The molecule has 0 spiro atoms. The van der Waals surface area contributed by atoms with Crippen LogP contribution in [0.1, 0.15) is 6.92 Å². The first-order valence-corrected chi connectivity index (χ1v) is 17.4. The van der Waals surface area contributed by atoms with Crippen molar-refractivity contribution in [2.24, 2.45) is 5.73 Å². The molecule has 0 bridgehead atoms. The Balaban J connectivity index is 1.65. The zero-order valence-electron chi connectivity index (χ0n) is 30.0. The van der Waals surface area contributed by atoms with Crippen LogP contribution in [0.3, 0.4) is 0 Å². The Labute approximate surface area is 297 Å². The average molecular weight is 723 g/mol. The summed E-state index contributed by atoms with van der Waals surface area (Å²) >= 11 is 0. The van der Waals surface area contributed by atoms with Gasteiger partial charge in [0.2, 0.25) is 5.91 Å². The van der Waals surface area contributed by atoms with Crippen molar-refractivity contribution in [3.05, 3.63) is 24.3 Å². The number of anilines is 1. The third kappa shape index (κ3) is 34.4. The Bertz CT molecular complexity index is 841. The van der Waals surface area contributed by atoms with Gasteiger partial charge in [-0.15, -0.1) is 0 Å². The highest BCUT2D eigenvalue weighted by atomic mass is 16.6. The molecule has 0 aliphatic carbocycles. The van der Waals surface area contributed by atoms with Crippen LogP contribution in [0.4, 0.5) is 5.69 Å². The number of hydrogen-bond donors (Lipinski definition) is 2. The first-order chi connectivity index (χ1) is 24.7. The smallest absolute Gasteiger partial charge is 0.221 e. The summed E-state index contributed by atoms with van der Waals surface area (Å²) in [5.74, 6) is 0.606. The molecule has 16 nitrogen and oxygen atoms in total. The molecule has 292 valence electrons. The largest absolute Gasteiger partial charge is 0.491 e. The molecule has 3 N–H and O–H groups in total. The summed E-state index contributed by atoms with van der Waals surface area (Å²) < 4.78 is 70.9. The third-order valence-electron chi connectivity index (χ3n) is 6.03. The lowest BCUT2D eigenvalue weighted by Crippen LogP contribution is -2.16. The number of carbonyl (C=O) groups is 1. The summed E-state index contributed by atoms with van der Waals surface area (Å²) in [5.41, 5.74) is 6.06. The number of nitrogens with two attached hydrogens (primary N) is 1. The van der Waals surface area contributed by atoms with Crippen molar-refractivity contribution >= 4 is 11.6 Å². The zero-order valence-corrected chi connectivity index (χ0v) is 30.0. The molecule has 50 heavy (non-hydrogen) atoms. The number of hydrogen-bond acceptors (Lipinski definition) is 15. The van der Waals surface area contributed by atoms with Gasteiger partial charge in [0.25, 0.3) is 0 Å². The minimum Gasteiger partial charge on any atom is -0.491 e. The molecule has 0 fully saturated rings. The van der Waals surface area contributed by atoms with Crippen LogP contribution >= 0.6 is 0 Å². The van der Waals surface area contributed by atoms with Gasteiger partial charge >= 0.3 is 0 Å². The standard InChI is InChI=1S/C34H62N2O14/c1-32(37)36-33-2-4-34(5-3-33)50-31-30-49-29-28-48-27-26-47-25-24-46-23-22-45-21-20-44-19-18-43-17-16-42-15-14-41-13-12-40-11-10-39-9-8-38-7-6-35/h2-5H,6-31,35H2,1H3,(H,36,37). The van der Waals surface area contributed by atoms with Crippen LogP contribution in [0.25, 0.3) is 0 Å². The van der Waals surface area contributed by atoms with E-state index in [4.69, 9.17) is 67.3 Å². The fourth-order valence-electron chi connectivity index (χ4n) is 3.66. The van der Waals surface area contributed by atoms with Crippen LogP contribution in [0.2, 0.25) is 0 Å². The highest BCUT2D eigenvalue weighted by Crippen LogP contribution is 2.15. The van der Waals surface area contributed by atoms with E-state index in [1.54, 1.807) is 24.3 Å². The molecule has 0 atom stereocenters. The molecule has 0 aliphatic heterocycles. The second-order valence-corrected chi connectivity index (χ2v) is 10.2. The van der Waals surface area contributed by atoms with Crippen molar-refractivity contribution in [2.45, 2.75) is 6.92 Å². The van der Waals surface area contributed by atoms with Gasteiger partial charge in [-0.05, 0) is 24.3 Å². The second kappa shape index (κ2) is 38.2. The molecule has 1 aromatic carbocycles. The maximum absolute atomic E-state index is 11.0. The molecule has 16 heteroatoms. The van der Waals surface area contributed by atoms with Crippen molar-refractivity contribution < 1.29 is 66.4 Å². The monoisotopic (exact) mass is 722 g/mol. The Kier molecular flexibility index (Phi) is 35.1. The summed E-state index contributed by atoms with van der Waals surface area (Å²) in [5, 5.41) is 2.71. The van der Waals surface area contributed by atoms with Gasteiger partial charge in [0.05, 0.1) is 159 Å². The van der Waals surface area contributed by atoms with Crippen LogP contribution < -0.4 is 15.8 Å². The molecule has 1 amide bonds. The maximum atomic E-state index is 11.0. The van der Waals surface area contributed by atoms with Gasteiger partial charge in [-0.3, -0.25) is 4.79 Å². The van der Waals surface area contributed by atoms with Crippen LogP contribution in [-0.2, 0) is 61.6 Å². The van der Waals surface area contributed by atoms with Gasteiger partial charge in [0.1, 0.15) is 12.4 Å². The number of amides is 1. The molecule has 0 aromatic heterocycles. The Morgan fingerprint density at radius 3 is 0.900 bits per heavy atom. The van der Waals surface area contributed by atoms with Crippen molar-refractivity contribution in [3.63, 3.8) is 0 Å². The van der Waals surface area contributed by atoms with Crippen molar-refractivity contribution in [1.29, 1.82) is 0 Å². The Hall–Kier alpha value is -2.03. The SMILES string of the molecule is CC(=O)Nc1ccc(OCCOCCOCCOCCOCCOCCOCCOCCOCCOCCOCCOCCOCCN)cc1. The van der Waals surface area contributed by atoms with Crippen LogP contribution in [-0.4, -0.2) is 178 Å². The van der Waals surface area contributed by atoms with Gasteiger partial charge in [-0.1, -0.05) is 0 Å². The first-order valence-electron chi connectivity index (χ1n) is 17.4. The normalized spacial score (nSPS) is 11.3. The molecule has 0 radical (unpaired) electrons. The number of ether oxygens (including phenoxy) is 13. The van der Waals surface area contributed by atoms with Crippen molar-refractivity contribution in [2.75, 3.05) is 177 Å². The van der Waals surface area contributed by atoms with E-state index in [9.17, 15) is 4.79 Å². The summed E-state index contributed by atoms with van der Waals surface area (Å²) in [4.78, 5) is 11.0. The predicted octanol–water partition coefficient (Wildman–Crippen LogP) is 1.18. The van der Waals surface area contributed by atoms with Gasteiger partial charge in [0.15, 0.2) is 0 Å². The number of carbonyl (C=O) groups excluding carboxylic acids is 1. The zero-order chi connectivity index (χ0) is 35.8. The average Bonchev–Trinajstić information content (AvgIpc) is 3.11. The van der Waals surface area contributed by atoms with E-state index in [-0.39, 0.29) is 5.91 Å². The Morgan fingerprint density at radius 1 is 0.420 bits per heavy atom. The van der Waals surface area contributed by atoms with Gasteiger partial charge in [0, 0.05) is 19.2 Å². The molecule has 0 aliphatic rings. The molecule has 1 aromatic rings. The molecular formula is C34H62N2O14. The lowest BCUT2D eigenvalue weighted by atomic mass is 10.3. The van der Waals surface area contributed by atoms with Crippen molar-refractivity contribution in [3.8, 4) is 5.75 Å². The minimum atomic E-state index is -0.109. The number of rotatable bonds is 40. The predicted molar refractivity (Wildman–Crippen MR) is 185 cm³/mol. The van der Waals surface area contributed by atoms with Crippen molar-refractivity contribution in [1.82, 2.24) is 0 Å². The van der Waals surface area contributed by atoms with Crippen LogP contribution in [0, 0.1) is 0 Å². The van der Waals surface area contributed by atoms with Gasteiger partial charge in [-0.25, -0.2) is 0 Å². The van der Waals surface area contributed by atoms with Gasteiger partial charge in [-0.2, -0.15) is 0 Å². The highest BCUT2D eigenvalue weighted by Gasteiger charge is 1.99. The number of nitrogens with one attached hydrogen (secondary N) is 1. The molecular weight excluding hydrogens is 660 g/mol. The Morgan fingerprint density at radius 2 is 0.660 bits per heavy atom.